The van der Waals surface area contributed by atoms with Gasteiger partial charge in [0.1, 0.15) is 5.76 Å². The Morgan fingerprint density at radius 3 is 2.64 bits per heavy atom. The summed E-state index contributed by atoms with van der Waals surface area (Å²) >= 11 is 5.84. The maximum Gasteiger partial charge on any atom is 0.293 e. The largest absolute Gasteiger partial charge is 0.450 e. The quantitative estimate of drug-likeness (QED) is 0.401. The molecule has 0 N–H and O–H groups in total. The molecule has 0 saturated carbocycles. The molecule has 1 aliphatic heterocycles. The molecule has 7 heteroatoms. The predicted octanol–water partition coefficient (Wildman–Crippen LogP) is 6.43. The van der Waals surface area contributed by atoms with Crippen molar-refractivity contribution in [3.63, 3.8) is 0 Å². The number of halogens is 1. The molecule has 28 heavy (non-hydrogen) atoms. The predicted molar refractivity (Wildman–Crippen MR) is 115 cm³/mol. The number of hydrogen-bond donors (Lipinski definition) is 0. The molecular weight excluding hydrogens is 458 g/mol. The van der Waals surface area contributed by atoms with E-state index in [-0.39, 0.29) is 17.7 Å². The summed E-state index contributed by atoms with van der Waals surface area (Å²) in [7, 11) is 0. The van der Waals surface area contributed by atoms with Gasteiger partial charge in [0.25, 0.3) is 11.1 Å². The summed E-state index contributed by atoms with van der Waals surface area (Å²) in [4.78, 5) is 27.7. The van der Waals surface area contributed by atoms with E-state index >= 15 is 0 Å². The van der Waals surface area contributed by atoms with Crippen molar-refractivity contribution < 1.29 is 14.0 Å². The number of rotatable bonds is 5. The molecule has 0 radical (unpaired) electrons. The second-order valence-electron chi connectivity index (χ2n) is 5.97. The Morgan fingerprint density at radius 1 is 1.04 bits per heavy atom. The Kier molecular flexibility index (Phi) is 5.75. The van der Waals surface area contributed by atoms with Crippen LogP contribution in [0.1, 0.15) is 11.3 Å². The zero-order chi connectivity index (χ0) is 19.5. The van der Waals surface area contributed by atoms with Crippen LogP contribution in [-0.2, 0) is 11.3 Å². The van der Waals surface area contributed by atoms with Crippen LogP contribution in [-0.4, -0.2) is 16.0 Å². The SMILES string of the molecule is O=C1S/C(=C\c2ccc(Sc3ccccc3)o2)C(=O)N1Cc1cccc(Br)c1. The van der Waals surface area contributed by atoms with Gasteiger partial charge in [0.2, 0.25) is 0 Å². The summed E-state index contributed by atoms with van der Waals surface area (Å²) in [5, 5.41) is 0.451. The van der Waals surface area contributed by atoms with E-state index in [9.17, 15) is 9.59 Å². The molecule has 0 spiro atoms. The first-order valence-corrected chi connectivity index (χ1v) is 10.8. The Bertz CT molecular complexity index is 1060. The molecule has 1 saturated heterocycles. The number of thioether (sulfide) groups is 1. The van der Waals surface area contributed by atoms with Crippen LogP contribution in [0, 0.1) is 0 Å². The normalized spacial score (nSPS) is 15.6. The summed E-state index contributed by atoms with van der Waals surface area (Å²) < 4.78 is 6.70. The standard InChI is InChI=1S/C21H14BrNO3S2/c22-15-6-4-5-14(11-15)13-23-20(24)18(28-21(23)25)12-16-9-10-19(26-16)27-17-7-2-1-3-8-17/h1-12H,13H2/b18-12-. The van der Waals surface area contributed by atoms with Gasteiger partial charge >= 0.3 is 0 Å². The Balaban J connectivity index is 1.48. The van der Waals surface area contributed by atoms with E-state index in [1.54, 1.807) is 12.1 Å². The van der Waals surface area contributed by atoms with Gasteiger partial charge in [0.15, 0.2) is 5.09 Å². The van der Waals surface area contributed by atoms with Crippen LogP contribution in [0.2, 0.25) is 0 Å². The van der Waals surface area contributed by atoms with Crippen molar-refractivity contribution in [1.82, 2.24) is 4.90 Å². The summed E-state index contributed by atoms with van der Waals surface area (Å²) in [6, 6.07) is 21.1. The molecular formula is C21H14BrNO3S2. The summed E-state index contributed by atoms with van der Waals surface area (Å²) in [6.07, 6.45) is 1.63. The van der Waals surface area contributed by atoms with Gasteiger partial charge in [0.05, 0.1) is 11.4 Å². The van der Waals surface area contributed by atoms with Gasteiger partial charge < -0.3 is 4.42 Å². The van der Waals surface area contributed by atoms with Gasteiger partial charge in [-0.3, -0.25) is 14.5 Å². The van der Waals surface area contributed by atoms with Gasteiger partial charge in [-0.1, -0.05) is 58.0 Å². The number of benzene rings is 2. The van der Waals surface area contributed by atoms with E-state index < -0.39 is 0 Å². The lowest BCUT2D eigenvalue weighted by molar-refractivity contribution is -0.123. The molecule has 0 atom stereocenters. The third kappa shape index (κ3) is 4.43. The molecule has 4 nitrogen and oxygen atoms in total. The Labute approximate surface area is 179 Å². The molecule has 2 aromatic carbocycles. The molecule has 0 bridgehead atoms. The van der Waals surface area contributed by atoms with Gasteiger partial charge in [0, 0.05) is 15.4 Å². The fourth-order valence-corrected chi connectivity index (χ4v) is 4.72. The third-order valence-electron chi connectivity index (χ3n) is 3.94. The minimum atomic E-state index is -0.302. The molecule has 1 aromatic heterocycles. The molecule has 2 amide bonds. The van der Waals surface area contributed by atoms with E-state index in [4.69, 9.17) is 4.42 Å². The zero-order valence-electron chi connectivity index (χ0n) is 14.5. The number of imide groups is 1. The topological polar surface area (TPSA) is 50.5 Å². The van der Waals surface area contributed by atoms with Gasteiger partial charge in [-0.25, -0.2) is 0 Å². The molecule has 3 aromatic rings. The van der Waals surface area contributed by atoms with Gasteiger partial charge in [-0.2, -0.15) is 0 Å². The average molecular weight is 472 g/mol. The van der Waals surface area contributed by atoms with E-state index in [1.165, 1.54) is 16.7 Å². The zero-order valence-corrected chi connectivity index (χ0v) is 17.7. The van der Waals surface area contributed by atoms with Crippen LogP contribution in [0.5, 0.6) is 0 Å². The third-order valence-corrected chi connectivity index (χ3v) is 6.27. The highest BCUT2D eigenvalue weighted by Gasteiger charge is 2.35. The molecule has 1 fully saturated rings. The molecule has 0 unspecified atom stereocenters. The van der Waals surface area contributed by atoms with Crippen molar-refractivity contribution in [2.75, 3.05) is 0 Å². The minimum absolute atomic E-state index is 0.245. The number of amides is 2. The fraction of sp³-hybridized carbons (Fsp3) is 0.0476. The number of nitrogens with zero attached hydrogens (tertiary/aromatic N) is 1. The van der Waals surface area contributed by atoms with Gasteiger partial charge in [-0.15, -0.1) is 0 Å². The van der Waals surface area contributed by atoms with Crippen molar-refractivity contribution in [1.29, 1.82) is 0 Å². The lowest BCUT2D eigenvalue weighted by Crippen LogP contribution is -2.27. The first-order chi connectivity index (χ1) is 13.6. The van der Waals surface area contributed by atoms with Crippen molar-refractivity contribution in [3.8, 4) is 0 Å². The fourth-order valence-electron chi connectivity index (χ4n) is 2.65. The molecule has 1 aliphatic rings. The first kappa shape index (κ1) is 19.1. The van der Waals surface area contributed by atoms with E-state index in [2.05, 4.69) is 15.9 Å². The Morgan fingerprint density at radius 2 is 1.86 bits per heavy atom. The maximum atomic E-state index is 12.7. The van der Waals surface area contributed by atoms with Crippen LogP contribution < -0.4 is 0 Å². The molecule has 2 heterocycles. The second kappa shape index (κ2) is 8.43. The monoisotopic (exact) mass is 471 g/mol. The van der Waals surface area contributed by atoms with Crippen LogP contribution in [0.3, 0.4) is 0 Å². The minimum Gasteiger partial charge on any atom is -0.450 e. The highest BCUT2D eigenvalue weighted by Crippen LogP contribution is 2.35. The maximum absolute atomic E-state index is 12.7. The molecule has 140 valence electrons. The number of carbonyl (C=O) groups excluding carboxylic acids is 2. The summed E-state index contributed by atoms with van der Waals surface area (Å²) in [6.45, 7) is 0.245. The van der Waals surface area contributed by atoms with Crippen LogP contribution in [0.25, 0.3) is 6.08 Å². The van der Waals surface area contributed by atoms with E-state index in [0.717, 1.165) is 31.8 Å². The van der Waals surface area contributed by atoms with Crippen LogP contribution in [0.15, 0.2) is 90.5 Å². The molecule has 0 aliphatic carbocycles. The number of hydrogen-bond acceptors (Lipinski definition) is 5. The Hall–Kier alpha value is -2.22. The highest BCUT2D eigenvalue weighted by molar-refractivity contribution is 9.10. The first-order valence-electron chi connectivity index (χ1n) is 8.41. The van der Waals surface area contributed by atoms with Crippen LogP contribution in [0.4, 0.5) is 4.79 Å². The van der Waals surface area contributed by atoms with E-state index in [1.807, 2.05) is 60.7 Å². The van der Waals surface area contributed by atoms with E-state index in [0.29, 0.717) is 10.7 Å². The summed E-state index contributed by atoms with van der Waals surface area (Å²) in [5.41, 5.74) is 0.887. The van der Waals surface area contributed by atoms with Crippen molar-refractivity contribution >= 4 is 56.7 Å². The average Bonchev–Trinajstić information content (AvgIpc) is 3.22. The van der Waals surface area contributed by atoms with Crippen LogP contribution >= 0.6 is 39.5 Å². The smallest absolute Gasteiger partial charge is 0.293 e. The molecule has 4 rings (SSSR count). The second-order valence-corrected chi connectivity index (χ2v) is 8.96. The lowest BCUT2D eigenvalue weighted by atomic mass is 10.2. The van der Waals surface area contributed by atoms with Crippen molar-refractivity contribution in [3.05, 3.63) is 87.4 Å². The van der Waals surface area contributed by atoms with Gasteiger partial charge in [-0.05, 0) is 53.7 Å². The van der Waals surface area contributed by atoms with Crippen molar-refractivity contribution in [2.24, 2.45) is 0 Å². The van der Waals surface area contributed by atoms with Crippen molar-refractivity contribution in [2.45, 2.75) is 16.5 Å². The number of furan rings is 1. The summed E-state index contributed by atoms with van der Waals surface area (Å²) in [5.74, 6) is 0.245. The lowest BCUT2D eigenvalue weighted by Gasteiger charge is -2.12. The highest BCUT2D eigenvalue weighted by atomic mass is 79.9. The number of carbonyl (C=O) groups is 2.